The van der Waals surface area contributed by atoms with Gasteiger partial charge in [0.25, 0.3) is 0 Å². The molecule has 1 aromatic carbocycles. The Kier molecular flexibility index (Phi) is 6.97. The second kappa shape index (κ2) is 8.26. The molecule has 1 aromatic rings. The van der Waals surface area contributed by atoms with Gasteiger partial charge >= 0.3 is 12.1 Å². The Hall–Kier alpha value is -1.66. The number of carbonyl (C=O) groups is 2. The minimum absolute atomic E-state index is 0.0221. The third-order valence-electron chi connectivity index (χ3n) is 2.54. The minimum Gasteiger partial charge on any atom is -0.467 e. The number of benzene rings is 1. The van der Waals surface area contributed by atoms with Crippen LogP contribution in [0.25, 0.3) is 0 Å². The maximum Gasteiger partial charge on any atom is 0.407 e. The Labute approximate surface area is 145 Å². The molecule has 0 aliphatic carbocycles. The summed E-state index contributed by atoms with van der Waals surface area (Å²) in [5.41, 5.74) is -0.0949. The monoisotopic (exact) mass is 362 g/mol. The largest absolute Gasteiger partial charge is 0.467 e. The van der Waals surface area contributed by atoms with Crippen LogP contribution in [-0.4, -0.2) is 37.4 Å². The maximum atomic E-state index is 11.8. The van der Waals surface area contributed by atoms with Gasteiger partial charge in [-0.3, -0.25) is 0 Å². The molecule has 1 atom stereocenters. The summed E-state index contributed by atoms with van der Waals surface area (Å²) in [4.78, 5) is 23.5. The molecule has 0 unspecified atom stereocenters. The summed E-state index contributed by atoms with van der Waals surface area (Å²) in [5, 5.41) is 6.27. The normalized spacial score (nSPS) is 12.3. The van der Waals surface area contributed by atoms with Gasteiger partial charge in [0.1, 0.15) is 11.6 Å². The predicted molar refractivity (Wildman–Crippen MR) is 90.1 cm³/mol. The van der Waals surface area contributed by atoms with Crippen LogP contribution in [0.1, 0.15) is 20.8 Å². The van der Waals surface area contributed by atoms with Crippen molar-refractivity contribution in [1.82, 2.24) is 5.32 Å². The van der Waals surface area contributed by atoms with Crippen molar-refractivity contribution in [2.24, 2.45) is 0 Å². The zero-order valence-electron chi connectivity index (χ0n) is 13.4. The molecule has 1 amide bonds. The van der Waals surface area contributed by atoms with Gasteiger partial charge in [0.2, 0.25) is 0 Å². The SMILES string of the molecule is COC(=O)[C@H](CNC(=O)OC(C)(C)C)Nc1cc(Cl)cc(Cl)c1. The molecule has 0 spiro atoms. The molecule has 23 heavy (non-hydrogen) atoms. The fourth-order valence-electron chi connectivity index (χ4n) is 1.67. The van der Waals surface area contributed by atoms with Gasteiger partial charge in [-0.05, 0) is 39.0 Å². The Morgan fingerprint density at radius 1 is 1.17 bits per heavy atom. The van der Waals surface area contributed by atoms with Crippen LogP contribution in [0.4, 0.5) is 10.5 Å². The standard InChI is InChI=1S/C15H20Cl2N2O4/c1-15(2,3)23-14(21)18-8-12(13(20)22-4)19-11-6-9(16)5-10(17)7-11/h5-7,12,19H,8H2,1-4H3,(H,18,21)/t12-/m0/s1. The smallest absolute Gasteiger partial charge is 0.407 e. The molecule has 2 N–H and O–H groups in total. The molecule has 0 fully saturated rings. The van der Waals surface area contributed by atoms with Crippen LogP contribution < -0.4 is 10.6 Å². The van der Waals surface area contributed by atoms with E-state index in [1.807, 2.05) is 0 Å². The Balaban J connectivity index is 2.73. The lowest BCUT2D eigenvalue weighted by molar-refractivity contribution is -0.141. The molecule has 0 aromatic heterocycles. The van der Waals surface area contributed by atoms with Crippen molar-refractivity contribution >= 4 is 41.0 Å². The first-order chi connectivity index (χ1) is 10.6. The number of halogens is 2. The molecular formula is C15H20Cl2N2O4. The first-order valence-electron chi connectivity index (χ1n) is 6.88. The van der Waals surface area contributed by atoms with E-state index in [2.05, 4.69) is 10.6 Å². The highest BCUT2D eigenvalue weighted by Gasteiger charge is 2.22. The van der Waals surface area contributed by atoms with E-state index in [0.717, 1.165) is 0 Å². The van der Waals surface area contributed by atoms with E-state index in [-0.39, 0.29) is 6.54 Å². The lowest BCUT2D eigenvalue weighted by Crippen LogP contribution is -2.43. The summed E-state index contributed by atoms with van der Waals surface area (Å²) in [7, 11) is 1.26. The van der Waals surface area contributed by atoms with Gasteiger partial charge in [0, 0.05) is 15.7 Å². The lowest BCUT2D eigenvalue weighted by Gasteiger charge is -2.22. The minimum atomic E-state index is -0.818. The fraction of sp³-hybridized carbons (Fsp3) is 0.467. The zero-order chi connectivity index (χ0) is 17.6. The number of esters is 1. The summed E-state index contributed by atoms with van der Waals surface area (Å²) >= 11 is 11.8. The summed E-state index contributed by atoms with van der Waals surface area (Å²) in [5.74, 6) is -0.544. The molecule has 0 aliphatic rings. The number of nitrogens with one attached hydrogen (secondary N) is 2. The third kappa shape index (κ3) is 7.43. The van der Waals surface area contributed by atoms with E-state index < -0.39 is 23.7 Å². The van der Waals surface area contributed by atoms with Crippen LogP contribution >= 0.6 is 23.2 Å². The molecule has 1 rings (SSSR count). The second-order valence-corrected chi connectivity index (χ2v) is 6.63. The van der Waals surface area contributed by atoms with E-state index in [1.165, 1.54) is 7.11 Å². The molecule has 0 heterocycles. The van der Waals surface area contributed by atoms with E-state index in [4.69, 9.17) is 32.7 Å². The second-order valence-electron chi connectivity index (χ2n) is 5.76. The number of hydrogen-bond acceptors (Lipinski definition) is 5. The Morgan fingerprint density at radius 3 is 2.22 bits per heavy atom. The van der Waals surface area contributed by atoms with Gasteiger partial charge in [0.05, 0.1) is 13.7 Å². The van der Waals surface area contributed by atoms with Crippen LogP contribution in [0, 0.1) is 0 Å². The van der Waals surface area contributed by atoms with Crippen molar-refractivity contribution in [1.29, 1.82) is 0 Å². The van der Waals surface area contributed by atoms with E-state index >= 15 is 0 Å². The summed E-state index contributed by atoms with van der Waals surface area (Å²) < 4.78 is 9.84. The number of alkyl carbamates (subject to hydrolysis) is 1. The number of carbonyl (C=O) groups excluding carboxylic acids is 2. The molecule has 0 saturated heterocycles. The first kappa shape index (κ1) is 19.4. The van der Waals surface area contributed by atoms with Gasteiger partial charge in [-0.1, -0.05) is 23.2 Å². The number of methoxy groups -OCH3 is 1. The van der Waals surface area contributed by atoms with Crippen molar-refractivity contribution in [3.8, 4) is 0 Å². The van der Waals surface area contributed by atoms with E-state index in [1.54, 1.807) is 39.0 Å². The summed E-state index contributed by atoms with van der Waals surface area (Å²) in [6.07, 6.45) is -0.627. The average molecular weight is 363 g/mol. The first-order valence-corrected chi connectivity index (χ1v) is 7.63. The summed E-state index contributed by atoms with van der Waals surface area (Å²) in [6.45, 7) is 5.22. The van der Waals surface area contributed by atoms with Crippen molar-refractivity contribution in [3.05, 3.63) is 28.2 Å². The highest BCUT2D eigenvalue weighted by molar-refractivity contribution is 6.35. The van der Waals surface area contributed by atoms with Crippen LogP contribution in [0.5, 0.6) is 0 Å². The van der Waals surface area contributed by atoms with Crippen molar-refractivity contribution in [2.75, 3.05) is 19.0 Å². The maximum absolute atomic E-state index is 11.8. The lowest BCUT2D eigenvalue weighted by atomic mass is 10.2. The van der Waals surface area contributed by atoms with Gasteiger partial charge in [-0.15, -0.1) is 0 Å². The average Bonchev–Trinajstić information content (AvgIpc) is 2.39. The van der Waals surface area contributed by atoms with Crippen LogP contribution in [-0.2, 0) is 14.3 Å². The molecule has 128 valence electrons. The number of amides is 1. The van der Waals surface area contributed by atoms with Crippen LogP contribution in [0.2, 0.25) is 10.0 Å². The molecule has 0 radical (unpaired) electrons. The van der Waals surface area contributed by atoms with E-state index in [0.29, 0.717) is 15.7 Å². The third-order valence-corrected chi connectivity index (χ3v) is 2.97. The predicted octanol–water partition coefficient (Wildman–Crippen LogP) is 3.47. The van der Waals surface area contributed by atoms with Gasteiger partial charge in [-0.25, -0.2) is 9.59 Å². The highest BCUT2D eigenvalue weighted by Crippen LogP contribution is 2.23. The number of rotatable bonds is 5. The van der Waals surface area contributed by atoms with Gasteiger partial charge in [0.15, 0.2) is 0 Å². The molecule has 0 bridgehead atoms. The van der Waals surface area contributed by atoms with Gasteiger partial charge < -0.3 is 20.1 Å². The van der Waals surface area contributed by atoms with E-state index in [9.17, 15) is 9.59 Å². The fourth-order valence-corrected chi connectivity index (χ4v) is 2.20. The molecular weight excluding hydrogens is 343 g/mol. The van der Waals surface area contributed by atoms with Crippen LogP contribution in [0.3, 0.4) is 0 Å². The quantitative estimate of drug-likeness (QED) is 0.784. The zero-order valence-corrected chi connectivity index (χ0v) is 14.9. The number of hydrogen-bond donors (Lipinski definition) is 2. The Bertz CT molecular complexity index is 553. The Morgan fingerprint density at radius 2 is 1.74 bits per heavy atom. The molecule has 0 aliphatic heterocycles. The number of ether oxygens (including phenoxy) is 2. The molecule has 0 saturated carbocycles. The van der Waals surface area contributed by atoms with Gasteiger partial charge in [-0.2, -0.15) is 0 Å². The highest BCUT2D eigenvalue weighted by atomic mass is 35.5. The topological polar surface area (TPSA) is 76.7 Å². The number of anilines is 1. The summed E-state index contributed by atoms with van der Waals surface area (Å²) in [6, 6.07) is 3.97. The van der Waals surface area contributed by atoms with Crippen LogP contribution in [0.15, 0.2) is 18.2 Å². The van der Waals surface area contributed by atoms with Crippen molar-refractivity contribution < 1.29 is 19.1 Å². The molecule has 6 nitrogen and oxygen atoms in total. The molecule has 8 heteroatoms. The van der Waals surface area contributed by atoms with Crippen molar-refractivity contribution in [2.45, 2.75) is 32.4 Å². The van der Waals surface area contributed by atoms with Crippen molar-refractivity contribution in [3.63, 3.8) is 0 Å².